The molecule has 2 aromatic carbocycles. The Bertz CT molecular complexity index is 826. The zero-order valence-electron chi connectivity index (χ0n) is 14.2. The Morgan fingerprint density at radius 3 is 2.33 bits per heavy atom. The van der Waals surface area contributed by atoms with E-state index in [2.05, 4.69) is 85.5 Å². The standard InChI is InChI=1S/C22H22N2/c1-16-14-17(2)24-13-12-21(23-22(24)15-16)20-10-8-19(9-11-20)18-6-4-3-5-7-18/h3-11,14-15,21H,12-13H2,1-2H3. The van der Waals surface area contributed by atoms with Crippen LogP contribution in [-0.2, 0) is 0 Å². The summed E-state index contributed by atoms with van der Waals surface area (Å²) >= 11 is 0. The summed E-state index contributed by atoms with van der Waals surface area (Å²) in [5.41, 5.74) is 6.41. The van der Waals surface area contributed by atoms with Gasteiger partial charge in [0.1, 0.15) is 5.84 Å². The van der Waals surface area contributed by atoms with E-state index in [4.69, 9.17) is 4.99 Å². The minimum atomic E-state index is 0.260. The van der Waals surface area contributed by atoms with Crippen LogP contribution in [0.15, 0.2) is 83.0 Å². The van der Waals surface area contributed by atoms with Crippen LogP contribution >= 0.6 is 0 Å². The molecule has 1 unspecified atom stereocenters. The number of hydrogen-bond acceptors (Lipinski definition) is 2. The predicted octanol–water partition coefficient (Wildman–Crippen LogP) is 5.36. The van der Waals surface area contributed by atoms with Crippen molar-refractivity contribution in [3.8, 4) is 11.1 Å². The number of aliphatic imine (C=N–C) groups is 1. The maximum Gasteiger partial charge on any atom is 0.128 e. The first kappa shape index (κ1) is 14.9. The smallest absolute Gasteiger partial charge is 0.128 e. The lowest BCUT2D eigenvalue weighted by molar-refractivity contribution is 0.430. The molecule has 2 heterocycles. The Morgan fingerprint density at radius 1 is 0.875 bits per heavy atom. The molecule has 0 bridgehead atoms. The summed E-state index contributed by atoms with van der Waals surface area (Å²) in [6.07, 6.45) is 5.48. The molecule has 0 N–H and O–H groups in total. The van der Waals surface area contributed by atoms with Crippen LogP contribution in [-0.4, -0.2) is 17.3 Å². The number of nitrogens with zero attached hydrogens (tertiary/aromatic N) is 2. The van der Waals surface area contributed by atoms with E-state index in [1.807, 2.05) is 0 Å². The molecular weight excluding hydrogens is 292 g/mol. The zero-order chi connectivity index (χ0) is 16.5. The van der Waals surface area contributed by atoms with E-state index < -0.39 is 0 Å². The molecule has 0 fully saturated rings. The van der Waals surface area contributed by atoms with Gasteiger partial charge in [-0.1, -0.05) is 54.6 Å². The third kappa shape index (κ3) is 2.80. The van der Waals surface area contributed by atoms with E-state index in [1.54, 1.807) is 0 Å². The summed E-state index contributed by atoms with van der Waals surface area (Å²) in [7, 11) is 0. The minimum absolute atomic E-state index is 0.260. The first-order chi connectivity index (χ1) is 11.7. The molecule has 0 radical (unpaired) electrons. The maximum absolute atomic E-state index is 5.00. The van der Waals surface area contributed by atoms with E-state index in [-0.39, 0.29) is 6.04 Å². The van der Waals surface area contributed by atoms with Crippen molar-refractivity contribution in [3.63, 3.8) is 0 Å². The monoisotopic (exact) mass is 314 g/mol. The first-order valence-electron chi connectivity index (χ1n) is 8.58. The Balaban J connectivity index is 1.60. The number of benzene rings is 2. The zero-order valence-corrected chi connectivity index (χ0v) is 14.2. The van der Waals surface area contributed by atoms with Crippen LogP contribution in [0.3, 0.4) is 0 Å². The third-order valence-electron chi connectivity index (χ3n) is 4.81. The Labute approximate surface area is 143 Å². The van der Waals surface area contributed by atoms with Gasteiger partial charge >= 0.3 is 0 Å². The van der Waals surface area contributed by atoms with Crippen molar-refractivity contribution in [2.45, 2.75) is 26.3 Å². The lowest BCUT2D eigenvalue weighted by Gasteiger charge is -2.34. The number of allylic oxidation sites excluding steroid dienone is 3. The summed E-state index contributed by atoms with van der Waals surface area (Å²) in [4.78, 5) is 7.32. The second-order valence-corrected chi connectivity index (χ2v) is 6.61. The lowest BCUT2D eigenvalue weighted by atomic mass is 9.97. The Hall–Kier alpha value is -2.61. The van der Waals surface area contributed by atoms with Crippen molar-refractivity contribution < 1.29 is 0 Å². The Morgan fingerprint density at radius 2 is 1.58 bits per heavy atom. The van der Waals surface area contributed by atoms with Gasteiger partial charge in [-0.05, 0) is 54.7 Å². The molecule has 24 heavy (non-hydrogen) atoms. The van der Waals surface area contributed by atoms with Crippen LogP contribution in [0.2, 0.25) is 0 Å². The van der Waals surface area contributed by atoms with Crippen LogP contribution in [0, 0.1) is 0 Å². The van der Waals surface area contributed by atoms with Crippen LogP contribution < -0.4 is 0 Å². The van der Waals surface area contributed by atoms with Crippen molar-refractivity contribution in [2.75, 3.05) is 6.54 Å². The van der Waals surface area contributed by atoms with Crippen LogP contribution in [0.25, 0.3) is 11.1 Å². The van der Waals surface area contributed by atoms with E-state index in [1.165, 1.54) is 28.0 Å². The summed E-state index contributed by atoms with van der Waals surface area (Å²) in [5, 5.41) is 0. The van der Waals surface area contributed by atoms with Crippen molar-refractivity contribution in [3.05, 3.63) is 83.6 Å². The van der Waals surface area contributed by atoms with Crippen molar-refractivity contribution in [2.24, 2.45) is 4.99 Å². The molecule has 2 aliphatic rings. The normalized spacial score (nSPS) is 20.0. The molecule has 0 amide bonds. The average molecular weight is 314 g/mol. The second-order valence-electron chi connectivity index (χ2n) is 6.61. The highest BCUT2D eigenvalue weighted by atomic mass is 15.2. The van der Waals surface area contributed by atoms with Crippen LogP contribution in [0.4, 0.5) is 0 Å². The summed E-state index contributed by atoms with van der Waals surface area (Å²) in [6.45, 7) is 5.35. The topological polar surface area (TPSA) is 15.6 Å². The molecule has 120 valence electrons. The van der Waals surface area contributed by atoms with Gasteiger partial charge in [0.15, 0.2) is 0 Å². The quantitative estimate of drug-likeness (QED) is 0.728. The summed E-state index contributed by atoms with van der Waals surface area (Å²) < 4.78 is 0. The molecule has 1 atom stereocenters. The van der Waals surface area contributed by atoms with Gasteiger partial charge in [0, 0.05) is 12.2 Å². The SMILES string of the molecule is CC1=CC2=NC(c3ccc(-c4ccccc4)cc3)CCN2C(C)=C1. The van der Waals surface area contributed by atoms with E-state index in [0.29, 0.717) is 0 Å². The molecule has 4 rings (SSSR count). The van der Waals surface area contributed by atoms with Gasteiger partial charge in [-0.3, -0.25) is 4.99 Å². The van der Waals surface area contributed by atoms with E-state index in [9.17, 15) is 0 Å². The van der Waals surface area contributed by atoms with Crippen LogP contribution in [0.5, 0.6) is 0 Å². The van der Waals surface area contributed by atoms with E-state index >= 15 is 0 Å². The number of amidine groups is 1. The van der Waals surface area contributed by atoms with Gasteiger partial charge in [0.05, 0.1) is 6.04 Å². The third-order valence-corrected chi connectivity index (χ3v) is 4.81. The molecular formula is C22H22N2. The fourth-order valence-corrected chi connectivity index (χ4v) is 3.55. The number of rotatable bonds is 2. The van der Waals surface area contributed by atoms with Gasteiger partial charge in [-0.25, -0.2) is 0 Å². The number of hydrogen-bond donors (Lipinski definition) is 0. The summed E-state index contributed by atoms with van der Waals surface area (Å²) in [6, 6.07) is 19.7. The molecule has 2 heteroatoms. The predicted molar refractivity (Wildman–Crippen MR) is 101 cm³/mol. The fourth-order valence-electron chi connectivity index (χ4n) is 3.55. The van der Waals surface area contributed by atoms with Gasteiger partial charge in [0.2, 0.25) is 0 Å². The van der Waals surface area contributed by atoms with Gasteiger partial charge in [-0.2, -0.15) is 0 Å². The largest absolute Gasteiger partial charge is 0.331 e. The molecule has 0 spiro atoms. The molecule has 2 nitrogen and oxygen atoms in total. The average Bonchev–Trinajstić information content (AvgIpc) is 2.62. The molecule has 0 aromatic heterocycles. The van der Waals surface area contributed by atoms with Crippen molar-refractivity contribution in [1.82, 2.24) is 4.90 Å². The molecule has 0 saturated heterocycles. The second kappa shape index (κ2) is 6.12. The molecule has 0 saturated carbocycles. The highest BCUT2D eigenvalue weighted by Gasteiger charge is 2.24. The van der Waals surface area contributed by atoms with Gasteiger partial charge in [0.25, 0.3) is 0 Å². The Kier molecular flexibility index (Phi) is 3.81. The highest BCUT2D eigenvalue weighted by Crippen LogP contribution is 2.31. The van der Waals surface area contributed by atoms with Crippen LogP contribution in [0.1, 0.15) is 31.9 Å². The van der Waals surface area contributed by atoms with E-state index in [0.717, 1.165) is 18.8 Å². The highest BCUT2D eigenvalue weighted by molar-refractivity contribution is 5.97. The molecule has 0 aliphatic carbocycles. The molecule has 2 aliphatic heterocycles. The maximum atomic E-state index is 5.00. The molecule has 2 aromatic rings. The van der Waals surface area contributed by atoms with Crippen molar-refractivity contribution in [1.29, 1.82) is 0 Å². The first-order valence-corrected chi connectivity index (χ1v) is 8.58. The lowest BCUT2D eigenvalue weighted by Crippen LogP contribution is -2.35. The van der Waals surface area contributed by atoms with Gasteiger partial charge in [-0.15, -0.1) is 0 Å². The fraction of sp³-hybridized carbons (Fsp3) is 0.227. The van der Waals surface area contributed by atoms with Gasteiger partial charge < -0.3 is 4.90 Å². The van der Waals surface area contributed by atoms with Crippen molar-refractivity contribution >= 4 is 5.84 Å². The minimum Gasteiger partial charge on any atom is -0.331 e. The number of fused-ring (bicyclic) bond motifs is 1. The summed E-state index contributed by atoms with van der Waals surface area (Å²) in [5.74, 6) is 1.11.